The molecule has 22 heavy (non-hydrogen) atoms. The molecule has 2 aromatic rings. The summed E-state index contributed by atoms with van der Waals surface area (Å²) < 4.78 is 0. The van der Waals surface area contributed by atoms with Crippen LogP contribution in [-0.2, 0) is 17.8 Å². The molecule has 0 unspecified atom stereocenters. The van der Waals surface area contributed by atoms with Crippen LogP contribution < -0.4 is 0 Å². The first kappa shape index (κ1) is 13.6. The topological polar surface area (TPSA) is 49.0 Å². The highest BCUT2D eigenvalue weighted by molar-refractivity contribution is 5.79. The van der Waals surface area contributed by atoms with Gasteiger partial charge in [0.05, 0.1) is 17.9 Å². The van der Waals surface area contributed by atoms with Crippen molar-refractivity contribution in [2.24, 2.45) is 5.92 Å². The summed E-state index contributed by atoms with van der Waals surface area (Å²) in [6.45, 7) is 1.49. The second kappa shape index (κ2) is 5.59. The first-order valence-electron chi connectivity index (χ1n) is 8.23. The number of H-pyrrole nitrogens is 1. The number of fused-ring (bicyclic) bond motifs is 1. The van der Waals surface area contributed by atoms with Gasteiger partial charge in [-0.25, -0.2) is 4.98 Å². The van der Waals surface area contributed by atoms with Crippen LogP contribution in [0.3, 0.4) is 0 Å². The highest BCUT2D eigenvalue weighted by Crippen LogP contribution is 2.29. The van der Waals surface area contributed by atoms with E-state index in [1.54, 1.807) is 0 Å². The molecule has 1 amide bonds. The SMILES string of the molecule is O=C(C1CCCC1)N1CCc2nc(-c3ccccc3)[nH]c2C1. The summed E-state index contributed by atoms with van der Waals surface area (Å²) in [7, 11) is 0. The Morgan fingerprint density at radius 1 is 1.18 bits per heavy atom. The highest BCUT2D eigenvalue weighted by Gasteiger charge is 2.30. The normalized spacial score (nSPS) is 18.5. The van der Waals surface area contributed by atoms with E-state index < -0.39 is 0 Å². The standard InChI is InChI=1S/C18H21N3O/c22-18(14-8-4-5-9-14)21-11-10-15-16(12-21)20-17(19-15)13-6-2-1-3-7-13/h1-3,6-7,14H,4-5,8-12H2,(H,19,20). The zero-order valence-corrected chi connectivity index (χ0v) is 12.7. The predicted molar refractivity (Wildman–Crippen MR) is 85.1 cm³/mol. The molecule has 1 aromatic heterocycles. The molecule has 0 spiro atoms. The van der Waals surface area contributed by atoms with Gasteiger partial charge >= 0.3 is 0 Å². The minimum Gasteiger partial charge on any atom is -0.340 e. The maximum Gasteiger partial charge on any atom is 0.226 e. The monoisotopic (exact) mass is 295 g/mol. The van der Waals surface area contributed by atoms with E-state index in [1.165, 1.54) is 12.8 Å². The van der Waals surface area contributed by atoms with Crippen LogP contribution in [0.25, 0.3) is 11.4 Å². The molecule has 0 bridgehead atoms. The van der Waals surface area contributed by atoms with Crippen LogP contribution in [-0.4, -0.2) is 27.3 Å². The molecule has 1 aromatic carbocycles. The third-order valence-corrected chi connectivity index (χ3v) is 4.90. The average molecular weight is 295 g/mol. The Morgan fingerprint density at radius 2 is 1.95 bits per heavy atom. The number of nitrogens with zero attached hydrogens (tertiary/aromatic N) is 2. The molecule has 2 aliphatic rings. The van der Waals surface area contributed by atoms with Crippen molar-refractivity contribution in [3.05, 3.63) is 41.7 Å². The molecule has 1 fully saturated rings. The van der Waals surface area contributed by atoms with Crippen molar-refractivity contribution >= 4 is 5.91 Å². The molecule has 0 atom stereocenters. The molecule has 0 saturated heterocycles. The first-order valence-corrected chi connectivity index (χ1v) is 8.23. The maximum atomic E-state index is 12.6. The Hall–Kier alpha value is -2.10. The van der Waals surface area contributed by atoms with E-state index in [9.17, 15) is 4.79 Å². The molecular weight excluding hydrogens is 274 g/mol. The summed E-state index contributed by atoms with van der Waals surface area (Å²) in [6.07, 6.45) is 5.41. The lowest BCUT2D eigenvalue weighted by molar-refractivity contribution is -0.136. The molecule has 4 nitrogen and oxygen atoms in total. The van der Waals surface area contributed by atoms with E-state index in [0.717, 1.165) is 48.6 Å². The van der Waals surface area contributed by atoms with Crippen molar-refractivity contribution < 1.29 is 4.79 Å². The third-order valence-electron chi connectivity index (χ3n) is 4.90. The Labute approximate surface area is 130 Å². The Bertz CT molecular complexity index is 671. The van der Waals surface area contributed by atoms with Crippen LogP contribution in [0.5, 0.6) is 0 Å². The minimum absolute atomic E-state index is 0.262. The van der Waals surface area contributed by atoms with Crippen molar-refractivity contribution in [3.8, 4) is 11.4 Å². The van der Waals surface area contributed by atoms with Gasteiger partial charge in [-0.1, -0.05) is 43.2 Å². The van der Waals surface area contributed by atoms with Crippen molar-refractivity contribution in [1.29, 1.82) is 0 Å². The predicted octanol–water partition coefficient (Wildman–Crippen LogP) is 3.15. The maximum absolute atomic E-state index is 12.6. The van der Waals surface area contributed by atoms with Crippen molar-refractivity contribution in [1.82, 2.24) is 14.9 Å². The lowest BCUT2D eigenvalue weighted by Crippen LogP contribution is -2.39. The first-order chi connectivity index (χ1) is 10.8. The summed E-state index contributed by atoms with van der Waals surface area (Å²) in [6, 6.07) is 10.2. The number of nitrogens with one attached hydrogen (secondary N) is 1. The molecule has 1 aliphatic heterocycles. The van der Waals surface area contributed by atoms with Crippen LogP contribution >= 0.6 is 0 Å². The van der Waals surface area contributed by atoms with E-state index in [4.69, 9.17) is 4.98 Å². The third kappa shape index (κ3) is 2.43. The van der Waals surface area contributed by atoms with Crippen LogP contribution in [0.15, 0.2) is 30.3 Å². The fourth-order valence-electron chi connectivity index (χ4n) is 3.65. The Morgan fingerprint density at radius 3 is 2.73 bits per heavy atom. The zero-order valence-electron chi connectivity index (χ0n) is 12.7. The van der Waals surface area contributed by atoms with E-state index in [0.29, 0.717) is 12.5 Å². The molecule has 0 radical (unpaired) electrons. The minimum atomic E-state index is 0.262. The molecule has 1 N–H and O–H groups in total. The van der Waals surface area contributed by atoms with Gasteiger partial charge in [-0.05, 0) is 12.8 Å². The quantitative estimate of drug-likeness (QED) is 0.925. The van der Waals surface area contributed by atoms with Gasteiger partial charge in [0.2, 0.25) is 5.91 Å². The number of imidazole rings is 1. The van der Waals surface area contributed by atoms with Gasteiger partial charge in [0.1, 0.15) is 5.82 Å². The number of aromatic nitrogens is 2. The summed E-state index contributed by atoms with van der Waals surface area (Å²) in [5.74, 6) is 1.53. The van der Waals surface area contributed by atoms with E-state index in [2.05, 4.69) is 17.1 Å². The van der Waals surface area contributed by atoms with E-state index in [-0.39, 0.29) is 5.92 Å². The van der Waals surface area contributed by atoms with Gasteiger partial charge in [0, 0.05) is 24.4 Å². The van der Waals surface area contributed by atoms with Gasteiger partial charge in [-0.2, -0.15) is 0 Å². The second-order valence-electron chi connectivity index (χ2n) is 6.37. The zero-order chi connectivity index (χ0) is 14.9. The molecule has 2 heterocycles. The number of amides is 1. The van der Waals surface area contributed by atoms with Crippen LogP contribution in [0.1, 0.15) is 37.1 Å². The van der Waals surface area contributed by atoms with E-state index >= 15 is 0 Å². The molecule has 114 valence electrons. The summed E-state index contributed by atoms with van der Waals surface area (Å²) >= 11 is 0. The number of rotatable bonds is 2. The number of carbonyl (C=O) groups excluding carboxylic acids is 1. The van der Waals surface area contributed by atoms with Crippen molar-refractivity contribution in [2.75, 3.05) is 6.54 Å². The molecular formula is C18H21N3O. The fraction of sp³-hybridized carbons (Fsp3) is 0.444. The van der Waals surface area contributed by atoms with Crippen LogP contribution in [0, 0.1) is 5.92 Å². The van der Waals surface area contributed by atoms with Crippen LogP contribution in [0.2, 0.25) is 0 Å². The molecule has 4 rings (SSSR count). The number of aromatic amines is 1. The van der Waals surface area contributed by atoms with Crippen molar-refractivity contribution in [3.63, 3.8) is 0 Å². The van der Waals surface area contributed by atoms with Gasteiger partial charge in [-0.3, -0.25) is 4.79 Å². The second-order valence-corrected chi connectivity index (χ2v) is 6.37. The molecule has 1 saturated carbocycles. The van der Waals surface area contributed by atoms with Gasteiger partial charge in [0.25, 0.3) is 0 Å². The fourth-order valence-corrected chi connectivity index (χ4v) is 3.65. The number of hydrogen-bond donors (Lipinski definition) is 1. The number of benzene rings is 1. The van der Waals surface area contributed by atoms with Crippen LogP contribution in [0.4, 0.5) is 0 Å². The number of carbonyl (C=O) groups is 1. The lowest BCUT2D eigenvalue weighted by Gasteiger charge is -2.28. The average Bonchev–Trinajstić information content (AvgIpc) is 3.23. The Balaban J connectivity index is 1.54. The summed E-state index contributed by atoms with van der Waals surface area (Å²) in [5.41, 5.74) is 3.33. The van der Waals surface area contributed by atoms with Gasteiger partial charge in [-0.15, -0.1) is 0 Å². The van der Waals surface area contributed by atoms with E-state index in [1.807, 2.05) is 23.1 Å². The largest absolute Gasteiger partial charge is 0.340 e. The Kier molecular flexibility index (Phi) is 3.45. The number of hydrogen-bond acceptors (Lipinski definition) is 2. The summed E-state index contributed by atoms with van der Waals surface area (Å²) in [5, 5.41) is 0. The van der Waals surface area contributed by atoms with Crippen molar-refractivity contribution in [2.45, 2.75) is 38.6 Å². The highest BCUT2D eigenvalue weighted by atomic mass is 16.2. The van der Waals surface area contributed by atoms with Gasteiger partial charge in [0.15, 0.2) is 0 Å². The smallest absolute Gasteiger partial charge is 0.226 e. The molecule has 1 aliphatic carbocycles. The lowest BCUT2D eigenvalue weighted by atomic mass is 10.0. The summed E-state index contributed by atoms with van der Waals surface area (Å²) in [4.78, 5) is 22.7. The van der Waals surface area contributed by atoms with Gasteiger partial charge < -0.3 is 9.88 Å². The molecule has 4 heteroatoms.